The molecule has 0 aliphatic heterocycles. The van der Waals surface area contributed by atoms with E-state index < -0.39 is 0 Å². The van der Waals surface area contributed by atoms with Gasteiger partial charge in [-0.3, -0.25) is 5.32 Å². The summed E-state index contributed by atoms with van der Waals surface area (Å²) in [5, 5.41) is 9.50. The van der Waals surface area contributed by atoms with Crippen LogP contribution in [-0.4, -0.2) is 17.1 Å². The molecule has 0 aliphatic carbocycles. The summed E-state index contributed by atoms with van der Waals surface area (Å²) in [5.74, 6) is 0.470. The van der Waals surface area contributed by atoms with E-state index in [2.05, 4.69) is 20.9 Å². The summed E-state index contributed by atoms with van der Waals surface area (Å²) in [7, 11) is 0. The standard InChI is InChI=1S/C15H16Cl2N4O/c1-9(2)19-15(22)21-14-6-4-11(8-18-14)20-10-3-5-12(16)13(17)7-10/h3-9,20H,1-2H3,(H2,18,19,21,22). The lowest BCUT2D eigenvalue weighted by Crippen LogP contribution is -2.34. The number of nitrogens with zero attached hydrogens (tertiary/aromatic N) is 1. The number of carbonyl (C=O) groups is 1. The number of urea groups is 1. The average Bonchev–Trinajstić information content (AvgIpc) is 2.44. The van der Waals surface area contributed by atoms with Gasteiger partial charge >= 0.3 is 6.03 Å². The highest BCUT2D eigenvalue weighted by Crippen LogP contribution is 2.26. The Kier molecular flexibility index (Phi) is 5.46. The van der Waals surface area contributed by atoms with Gasteiger partial charge in [0.25, 0.3) is 0 Å². The largest absolute Gasteiger partial charge is 0.354 e. The third-order valence-electron chi connectivity index (χ3n) is 2.63. The number of hydrogen-bond donors (Lipinski definition) is 3. The molecule has 0 spiro atoms. The molecule has 3 N–H and O–H groups in total. The van der Waals surface area contributed by atoms with E-state index >= 15 is 0 Å². The second-order valence-corrected chi connectivity index (χ2v) is 5.75. The minimum atomic E-state index is -0.285. The molecule has 116 valence electrons. The normalized spacial score (nSPS) is 10.4. The summed E-state index contributed by atoms with van der Waals surface area (Å²) < 4.78 is 0. The van der Waals surface area contributed by atoms with Crippen LogP contribution in [0, 0.1) is 0 Å². The summed E-state index contributed by atoms with van der Waals surface area (Å²) >= 11 is 11.8. The molecule has 0 saturated carbocycles. The summed E-state index contributed by atoms with van der Waals surface area (Å²) in [4.78, 5) is 15.7. The first-order valence-corrected chi connectivity index (χ1v) is 7.45. The molecule has 1 aromatic heterocycles. The lowest BCUT2D eigenvalue weighted by atomic mass is 10.3. The Hall–Kier alpha value is -1.98. The van der Waals surface area contributed by atoms with Crippen molar-refractivity contribution in [2.45, 2.75) is 19.9 Å². The SMILES string of the molecule is CC(C)NC(=O)Nc1ccc(Nc2ccc(Cl)c(Cl)c2)cn1. The number of amides is 2. The van der Waals surface area contributed by atoms with Gasteiger partial charge in [-0.25, -0.2) is 9.78 Å². The van der Waals surface area contributed by atoms with Crippen LogP contribution in [0.1, 0.15) is 13.8 Å². The predicted octanol–water partition coefficient (Wildman–Crippen LogP) is 4.66. The van der Waals surface area contributed by atoms with E-state index in [9.17, 15) is 4.79 Å². The lowest BCUT2D eigenvalue weighted by Gasteiger charge is -2.10. The van der Waals surface area contributed by atoms with Crippen LogP contribution >= 0.6 is 23.2 Å². The molecule has 5 nitrogen and oxygen atoms in total. The van der Waals surface area contributed by atoms with Crippen molar-refractivity contribution >= 4 is 46.4 Å². The zero-order chi connectivity index (χ0) is 16.1. The van der Waals surface area contributed by atoms with Gasteiger partial charge in [0.05, 0.1) is 21.9 Å². The fraction of sp³-hybridized carbons (Fsp3) is 0.200. The van der Waals surface area contributed by atoms with Gasteiger partial charge in [0.15, 0.2) is 0 Å². The number of halogens is 2. The Morgan fingerprint density at radius 1 is 1.09 bits per heavy atom. The van der Waals surface area contributed by atoms with E-state index in [1.165, 1.54) is 0 Å². The van der Waals surface area contributed by atoms with Crippen molar-refractivity contribution in [2.75, 3.05) is 10.6 Å². The van der Waals surface area contributed by atoms with E-state index in [-0.39, 0.29) is 12.1 Å². The molecular formula is C15H16Cl2N4O. The van der Waals surface area contributed by atoms with Gasteiger partial charge in [0.1, 0.15) is 5.82 Å². The summed E-state index contributed by atoms with van der Waals surface area (Å²) in [6, 6.07) is 8.55. The van der Waals surface area contributed by atoms with Crippen molar-refractivity contribution in [3.05, 3.63) is 46.6 Å². The molecule has 7 heteroatoms. The molecular weight excluding hydrogens is 323 g/mol. The monoisotopic (exact) mass is 338 g/mol. The number of rotatable bonds is 4. The predicted molar refractivity (Wildman–Crippen MR) is 91.3 cm³/mol. The first kappa shape index (κ1) is 16.4. The number of aromatic nitrogens is 1. The smallest absolute Gasteiger partial charge is 0.320 e. The van der Waals surface area contributed by atoms with Crippen LogP contribution < -0.4 is 16.0 Å². The van der Waals surface area contributed by atoms with E-state index in [1.807, 2.05) is 19.9 Å². The van der Waals surface area contributed by atoms with Gasteiger partial charge in [0.2, 0.25) is 0 Å². The van der Waals surface area contributed by atoms with Crippen LogP contribution in [0.25, 0.3) is 0 Å². The van der Waals surface area contributed by atoms with E-state index in [4.69, 9.17) is 23.2 Å². The number of benzene rings is 1. The highest BCUT2D eigenvalue weighted by Gasteiger charge is 2.05. The fourth-order valence-electron chi connectivity index (χ4n) is 1.70. The molecule has 0 radical (unpaired) electrons. The number of nitrogens with one attached hydrogen (secondary N) is 3. The van der Waals surface area contributed by atoms with Crippen LogP contribution in [0.4, 0.5) is 22.0 Å². The van der Waals surface area contributed by atoms with Crippen molar-refractivity contribution < 1.29 is 4.79 Å². The van der Waals surface area contributed by atoms with Gasteiger partial charge in [-0.15, -0.1) is 0 Å². The summed E-state index contributed by atoms with van der Waals surface area (Å²) in [6.07, 6.45) is 1.62. The number of carbonyl (C=O) groups excluding carboxylic acids is 1. The Bertz CT molecular complexity index is 659. The van der Waals surface area contributed by atoms with Crippen molar-refractivity contribution in [3.8, 4) is 0 Å². The molecule has 0 saturated heterocycles. The van der Waals surface area contributed by atoms with Gasteiger partial charge in [-0.1, -0.05) is 23.2 Å². The van der Waals surface area contributed by atoms with Crippen LogP contribution in [0.5, 0.6) is 0 Å². The Morgan fingerprint density at radius 3 is 2.41 bits per heavy atom. The van der Waals surface area contributed by atoms with E-state index in [1.54, 1.807) is 30.5 Å². The minimum absolute atomic E-state index is 0.0654. The Morgan fingerprint density at radius 2 is 1.82 bits per heavy atom. The number of anilines is 3. The van der Waals surface area contributed by atoms with Crippen molar-refractivity contribution in [1.82, 2.24) is 10.3 Å². The summed E-state index contributed by atoms with van der Waals surface area (Å²) in [6.45, 7) is 3.77. The maximum atomic E-state index is 11.6. The first-order chi connectivity index (χ1) is 10.4. The fourth-order valence-corrected chi connectivity index (χ4v) is 1.99. The van der Waals surface area contributed by atoms with E-state index in [0.29, 0.717) is 15.9 Å². The zero-order valence-electron chi connectivity index (χ0n) is 12.2. The van der Waals surface area contributed by atoms with Gasteiger partial charge in [0, 0.05) is 11.7 Å². The maximum absolute atomic E-state index is 11.6. The van der Waals surface area contributed by atoms with Crippen LogP contribution in [0.3, 0.4) is 0 Å². The maximum Gasteiger partial charge on any atom is 0.320 e. The second-order valence-electron chi connectivity index (χ2n) is 4.94. The van der Waals surface area contributed by atoms with E-state index in [0.717, 1.165) is 11.4 Å². The third-order valence-corrected chi connectivity index (χ3v) is 3.37. The van der Waals surface area contributed by atoms with Crippen LogP contribution in [-0.2, 0) is 0 Å². The number of pyridine rings is 1. The number of hydrogen-bond acceptors (Lipinski definition) is 3. The third kappa shape index (κ3) is 4.79. The van der Waals surface area contributed by atoms with Crippen molar-refractivity contribution in [1.29, 1.82) is 0 Å². The quantitative estimate of drug-likeness (QED) is 0.759. The van der Waals surface area contributed by atoms with Crippen LogP contribution in [0.15, 0.2) is 36.5 Å². The van der Waals surface area contributed by atoms with Crippen molar-refractivity contribution in [3.63, 3.8) is 0 Å². The Balaban J connectivity index is 1.99. The highest BCUT2D eigenvalue weighted by atomic mass is 35.5. The molecule has 2 aromatic rings. The van der Waals surface area contributed by atoms with Crippen molar-refractivity contribution in [2.24, 2.45) is 0 Å². The highest BCUT2D eigenvalue weighted by molar-refractivity contribution is 6.42. The summed E-state index contributed by atoms with van der Waals surface area (Å²) in [5.41, 5.74) is 1.57. The molecule has 2 rings (SSSR count). The molecule has 1 heterocycles. The average molecular weight is 339 g/mol. The first-order valence-electron chi connectivity index (χ1n) is 6.69. The topological polar surface area (TPSA) is 66.1 Å². The molecule has 22 heavy (non-hydrogen) atoms. The molecule has 0 unspecified atom stereocenters. The molecule has 0 aliphatic rings. The zero-order valence-corrected chi connectivity index (χ0v) is 13.7. The second kappa shape index (κ2) is 7.33. The van der Waals surface area contributed by atoms with Gasteiger partial charge in [-0.05, 0) is 44.2 Å². The molecule has 0 atom stereocenters. The Labute approximate surface area is 139 Å². The van der Waals surface area contributed by atoms with Gasteiger partial charge < -0.3 is 10.6 Å². The minimum Gasteiger partial charge on any atom is -0.354 e. The van der Waals surface area contributed by atoms with Gasteiger partial charge in [-0.2, -0.15) is 0 Å². The molecule has 1 aromatic carbocycles. The molecule has 2 amide bonds. The van der Waals surface area contributed by atoms with Crippen LogP contribution in [0.2, 0.25) is 10.0 Å². The lowest BCUT2D eigenvalue weighted by molar-refractivity contribution is 0.250. The molecule has 0 bridgehead atoms. The molecule has 0 fully saturated rings.